The zero-order chi connectivity index (χ0) is 17.2. The van der Waals surface area contributed by atoms with Crippen LogP contribution in [-0.2, 0) is 11.2 Å². The van der Waals surface area contributed by atoms with Gasteiger partial charge in [-0.05, 0) is 37.0 Å². The van der Waals surface area contributed by atoms with Gasteiger partial charge in [0.1, 0.15) is 0 Å². The van der Waals surface area contributed by atoms with E-state index < -0.39 is 0 Å². The van der Waals surface area contributed by atoms with Gasteiger partial charge in [-0.2, -0.15) is 0 Å². The van der Waals surface area contributed by atoms with E-state index in [1.54, 1.807) is 0 Å². The Kier molecular flexibility index (Phi) is 7.21. The van der Waals surface area contributed by atoms with Crippen molar-refractivity contribution in [2.75, 3.05) is 5.32 Å². The van der Waals surface area contributed by atoms with E-state index >= 15 is 0 Å². The van der Waals surface area contributed by atoms with Crippen molar-refractivity contribution in [1.29, 1.82) is 0 Å². The second kappa shape index (κ2) is 9.66. The Morgan fingerprint density at radius 2 is 1.58 bits per heavy atom. The molecular formula is C21H25NO2. The van der Waals surface area contributed by atoms with Crippen molar-refractivity contribution in [3.63, 3.8) is 0 Å². The number of amides is 1. The number of hydrogen-bond donors (Lipinski definition) is 1. The fourth-order valence-electron chi connectivity index (χ4n) is 2.54. The molecule has 3 heteroatoms. The molecular weight excluding hydrogens is 298 g/mol. The first-order chi connectivity index (χ1) is 11.7. The molecule has 1 amide bonds. The van der Waals surface area contributed by atoms with Crippen LogP contribution < -0.4 is 5.32 Å². The van der Waals surface area contributed by atoms with Crippen LogP contribution in [0.2, 0.25) is 0 Å². The van der Waals surface area contributed by atoms with Crippen molar-refractivity contribution in [2.24, 2.45) is 0 Å². The largest absolute Gasteiger partial charge is 0.326 e. The van der Waals surface area contributed by atoms with Gasteiger partial charge in [-0.3, -0.25) is 9.59 Å². The van der Waals surface area contributed by atoms with Gasteiger partial charge in [0.15, 0.2) is 5.78 Å². The number of hydrogen-bond acceptors (Lipinski definition) is 2. The highest BCUT2D eigenvalue weighted by Crippen LogP contribution is 2.13. The van der Waals surface area contributed by atoms with Crippen LogP contribution in [0.3, 0.4) is 0 Å². The molecule has 0 spiro atoms. The predicted molar refractivity (Wildman–Crippen MR) is 98.3 cm³/mol. The molecule has 0 aromatic heterocycles. The number of ketones is 1. The van der Waals surface area contributed by atoms with Crippen LogP contribution in [0.4, 0.5) is 5.69 Å². The molecule has 2 rings (SSSR count). The van der Waals surface area contributed by atoms with Gasteiger partial charge in [-0.1, -0.05) is 55.8 Å². The van der Waals surface area contributed by atoms with Crippen LogP contribution in [0.1, 0.15) is 54.9 Å². The molecule has 0 bridgehead atoms. The number of Topliss-reactive ketones (excluding diaryl/α,β-unsaturated/α-hetero) is 1. The quantitative estimate of drug-likeness (QED) is 0.659. The Hall–Kier alpha value is -2.42. The maximum atomic E-state index is 12.0. The Morgan fingerprint density at radius 1 is 0.875 bits per heavy atom. The van der Waals surface area contributed by atoms with Crippen molar-refractivity contribution < 1.29 is 9.59 Å². The minimum Gasteiger partial charge on any atom is -0.326 e. The van der Waals surface area contributed by atoms with E-state index in [0.29, 0.717) is 24.8 Å². The number of anilines is 1. The summed E-state index contributed by atoms with van der Waals surface area (Å²) < 4.78 is 0. The number of carbonyl (C=O) groups is 2. The summed E-state index contributed by atoms with van der Waals surface area (Å²) in [4.78, 5) is 23.9. The van der Waals surface area contributed by atoms with Gasteiger partial charge in [0.2, 0.25) is 5.91 Å². The molecule has 0 radical (unpaired) electrons. The minimum absolute atomic E-state index is 0.0443. The lowest BCUT2D eigenvalue weighted by Crippen LogP contribution is -2.12. The molecule has 0 saturated heterocycles. The molecule has 0 aliphatic carbocycles. The van der Waals surface area contributed by atoms with Crippen LogP contribution in [0, 0.1) is 0 Å². The Morgan fingerprint density at radius 3 is 2.25 bits per heavy atom. The Labute approximate surface area is 144 Å². The van der Waals surface area contributed by atoms with Crippen LogP contribution in [-0.4, -0.2) is 11.7 Å². The fraction of sp³-hybridized carbons (Fsp3) is 0.333. The van der Waals surface area contributed by atoms with E-state index in [1.807, 2.05) is 42.5 Å². The molecule has 0 unspecified atom stereocenters. The highest BCUT2D eigenvalue weighted by atomic mass is 16.1. The van der Waals surface area contributed by atoms with Crippen molar-refractivity contribution in [3.05, 3.63) is 65.7 Å². The molecule has 0 saturated carbocycles. The lowest BCUT2D eigenvalue weighted by molar-refractivity contribution is -0.116. The minimum atomic E-state index is -0.0443. The molecule has 0 aliphatic rings. The molecule has 0 fully saturated rings. The number of nitrogens with one attached hydrogen (secondary N) is 1. The zero-order valence-electron chi connectivity index (χ0n) is 14.3. The highest BCUT2D eigenvalue weighted by molar-refractivity contribution is 5.96. The molecule has 3 nitrogen and oxygen atoms in total. The summed E-state index contributed by atoms with van der Waals surface area (Å²) in [7, 11) is 0. The average molecular weight is 323 g/mol. The summed E-state index contributed by atoms with van der Waals surface area (Å²) in [6.45, 7) is 2.18. The third-order valence-electron chi connectivity index (χ3n) is 3.96. The topological polar surface area (TPSA) is 46.2 Å². The Bertz CT molecular complexity index is 647. The van der Waals surface area contributed by atoms with Crippen molar-refractivity contribution >= 4 is 17.4 Å². The van der Waals surface area contributed by atoms with Crippen LogP contribution in [0.25, 0.3) is 0 Å². The second-order valence-electron chi connectivity index (χ2n) is 5.99. The van der Waals surface area contributed by atoms with Crippen molar-refractivity contribution in [1.82, 2.24) is 0 Å². The van der Waals surface area contributed by atoms with Crippen molar-refractivity contribution in [3.8, 4) is 0 Å². The average Bonchev–Trinajstić information content (AvgIpc) is 2.62. The van der Waals surface area contributed by atoms with E-state index in [0.717, 1.165) is 12.1 Å². The number of benzene rings is 2. The first-order valence-electron chi connectivity index (χ1n) is 8.66. The SMILES string of the molecule is CCCCc1ccc(NC(=O)CCCC(=O)c2ccccc2)cc1. The van der Waals surface area contributed by atoms with Crippen LogP contribution in [0.15, 0.2) is 54.6 Å². The molecule has 2 aromatic rings. The first kappa shape index (κ1) is 17.9. The smallest absolute Gasteiger partial charge is 0.224 e. The molecule has 1 N–H and O–H groups in total. The number of carbonyl (C=O) groups excluding carboxylic acids is 2. The molecule has 0 aliphatic heterocycles. The maximum Gasteiger partial charge on any atom is 0.224 e. The molecule has 24 heavy (non-hydrogen) atoms. The highest BCUT2D eigenvalue weighted by Gasteiger charge is 2.07. The second-order valence-corrected chi connectivity index (χ2v) is 5.99. The molecule has 0 atom stereocenters. The molecule has 2 aromatic carbocycles. The summed E-state index contributed by atoms with van der Waals surface area (Å²) in [5.74, 6) is 0.0425. The first-order valence-corrected chi connectivity index (χ1v) is 8.66. The van der Waals surface area contributed by atoms with Crippen molar-refractivity contribution in [2.45, 2.75) is 45.4 Å². The normalized spacial score (nSPS) is 10.4. The lowest BCUT2D eigenvalue weighted by Gasteiger charge is -2.06. The van der Waals surface area contributed by atoms with Gasteiger partial charge in [-0.15, -0.1) is 0 Å². The van der Waals surface area contributed by atoms with Gasteiger partial charge < -0.3 is 5.32 Å². The number of aryl methyl sites for hydroxylation is 1. The van der Waals surface area contributed by atoms with E-state index in [2.05, 4.69) is 24.4 Å². The summed E-state index contributed by atoms with van der Waals surface area (Å²) in [6, 6.07) is 17.2. The fourth-order valence-corrected chi connectivity index (χ4v) is 2.54. The van der Waals surface area contributed by atoms with Crippen LogP contribution >= 0.6 is 0 Å². The summed E-state index contributed by atoms with van der Waals surface area (Å²) in [5.41, 5.74) is 2.82. The third kappa shape index (κ3) is 5.99. The van der Waals surface area contributed by atoms with Gasteiger partial charge >= 0.3 is 0 Å². The summed E-state index contributed by atoms with van der Waals surface area (Å²) in [5, 5.41) is 2.89. The predicted octanol–water partition coefficient (Wildman–Crippen LogP) is 5.02. The lowest BCUT2D eigenvalue weighted by atomic mass is 10.1. The third-order valence-corrected chi connectivity index (χ3v) is 3.96. The van der Waals surface area contributed by atoms with E-state index in [4.69, 9.17) is 0 Å². The standard InChI is InChI=1S/C21H25NO2/c1-2-3-8-17-13-15-19(16-14-17)22-21(24)12-7-11-20(23)18-9-5-4-6-10-18/h4-6,9-10,13-16H,2-3,7-8,11-12H2,1H3,(H,22,24). The van der Waals surface area contributed by atoms with Gasteiger partial charge in [-0.25, -0.2) is 0 Å². The monoisotopic (exact) mass is 323 g/mol. The number of rotatable bonds is 9. The van der Waals surface area contributed by atoms with E-state index in [1.165, 1.54) is 18.4 Å². The van der Waals surface area contributed by atoms with Crippen LogP contribution in [0.5, 0.6) is 0 Å². The van der Waals surface area contributed by atoms with Gasteiger partial charge in [0, 0.05) is 24.1 Å². The Balaban J connectivity index is 1.72. The maximum absolute atomic E-state index is 12.0. The van der Waals surface area contributed by atoms with E-state index in [-0.39, 0.29) is 11.7 Å². The van der Waals surface area contributed by atoms with Gasteiger partial charge in [0.05, 0.1) is 0 Å². The molecule has 126 valence electrons. The number of unbranched alkanes of at least 4 members (excludes halogenated alkanes) is 1. The zero-order valence-corrected chi connectivity index (χ0v) is 14.3. The van der Waals surface area contributed by atoms with Gasteiger partial charge in [0.25, 0.3) is 0 Å². The molecule has 0 heterocycles. The van der Waals surface area contributed by atoms with E-state index in [9.17, 15) is 9.59 Å². The summed E-state index contributed by atoms with van der Waals surface area (Å²) >= 11 is 0. The summed E-state index contributed by atoms with van der Waals surface area (Å²) in [6.07, 6.45) is 4.76.